The number of hydrogen-bond donors (Lipinski definition) is 1. The van der Waals surface area contributed by atoms with Gasteiger partial charge >= 0.3 is 6.36 Å². The van der Waals surface area contributed by atoms with Crippen molar-refractivity contribution in [3.05, 3.63) is 88.7 Å². The maximum atomic E-state index is 13.7. The van der Waals surface area contributed by atoms with Crippen LogP contribution in [-0.2, 0) is 9.53 Å². The minimum absolute atomic E-state index is 0.0192. The van der Waals surface area contributed by atoms with Crippen molar-refractivity contribution in [1.82, 2.24) is 10.2 Å². The van der Waals surface area contributed by atoms with Crippen molar-refractivity contribution in [3.63, 3.8) is 0 Å². The number of ether oxygens (including phenoxy) is 3. The Kier molecular flexibility index (Phi) is 8.38. The fourth-order valence-electron chi connectivity index (χ4n) is 4.16. The fourth-order valence-corrected chi connectivity index (χ4v) is 4.16. The number of carbonyl (C=O) groups is 2. The van der Waals surface area contributed by atoms with Gasteiger partial charge in [0.05, 0.1) is 18.2 Å². The minimum Gasteiger partial charge on any atom is -0.503 e. The van der Waals surface area contributed by atoms with E-state index in [-0.39, 0.29) is 40.9 Å². The van der Waals surface area contributed by atoms with Crippen molar-refractivity contribution in [2.45, 2.75) is 32.2 Å². The van der Waals surface area contributed by atoms with E-state index in [1.54, 1.807) is 24.3 Å². The number of ketones is 1. The first-order valence-corrected chi connectivity index (χ1v) is 12.2. The van der Waals surface area contributed by atoms with Gasteiger partial charge in [-0.1, -0.05) is 50.2 Å². The molecule has 210 valence electrons. The molecule has 3 aromatic rings. The Morgan fingerprint density at radius 3 is 2.23 bits per heavy atom. The lowest BCUT2D eigenvalue weighted by atomic mass is 9.91. The van der Waals surface area contributed by atoms with Crippen molar-refractivity contribution in [3.8, 4) is 11.6 Å². The van der Waals surface area contributed by atoms with Gasteiger partial charge in [-0.25, -0.2) is 0 Å². The van der Waals surface area contributed by atoms with Crippen LogP contribution in [0.25, 0.3) is 0 Å². The van der Waals surface area contributed by atoms with Crippen LogP contribution in [0.3, 0.4) is 0 Å². The second kappa shape index (κ2) is 11.7. The number of rotatable bonds is 10. The molecule has 0 saturated heterocycles. The number of benzene rings is 2. The molecule has 2 aromatic carbocycles. The van der Waals surface area contributed by atoms with E-state index in [0.29, 0.717) is 6.61 Å². The highest BCUT2D eigenvalue weighted by Crippen LogP contribution is 2.42. The molecule has 1 N–H and O–H groups in total. The number of anilines is 1. The molecule has 0 bridgehead atoms. The summed E-state index contributed by atoms with van der Waals surface area (Å²) in [6, 6.07) is 13.0. The molecule has 0 radical (unpaired) electrons. The summed E-state index contributed by atoms with van der Waals surface area (Å²) in [5.41, 5.74) is 1.18. The van der Waals surface area contributed by atoms with E-state index in [1.807, 2.05) is 13.8 Å². The SMILES string of the molecule is COCCOc1ccc(N2C(=O)C(O)=C(C(=O)c3ccc(C(C)C)cc3)C2c2ccc(OC(F)(F)F)cc2)nn1. The molecule has 2 heterocycles. The van der Waals surface area contributed by atoms with Crippen LogP contribution >= 0.6 is 0 Å². The topological polar surface area (TPSA) is 111 Å². The third kappa shape index (κ3) is 6.23. The summed E-state index contributed by atoms with van der Waals surface area (Å²) in [7, 11) is 1.51. The average molecular weight is 558 g/mol. The molecule has 0 aliphatic carbocycles. The number of alkyl halides is 3. The lowest BCUT2D eigenvalue weighted by Crippen LogP contribution is -2.32. The second-order valence-electron chi connectivity index (χ2n) is 9.13. The average Bonchev–Trinajstić information content (AvgIpc) is 3.18. The van der Waals surface area contributed by atoms with Gasteiger partial charge in [0.15, 0.2) is 17.4 Å². The van der Waals surface area contributed by atoms with E-state index in [9.17, 15) is 27.9 Å². The highest BCUT2D eigenvalue weighted by molar-refractivity contribution is 6.20. The number of methoxy groups -OCH3 is 1. The Bertz CT molecular complexity index is 1390. The summed E-state index contributed by atoms with van der Waals surface area (Å²) in [5.74, 6) is -2.51. The van der Waals surface area contributed by atoms with Crippen LogP contribution in [0.4, 0.5) is 19.0 Å². The van der Waals surface area contributed by atoms with Crippen molar-refractivity contribution in [2.75, 3.05) is 25.2 Å². The maximum absolute atomic E-state index is 13.7. The van der Waals surface area contributed by atoms with Crippen molar-refractivity contribution >= 4 is 17.5 Å². The molecule has 40 heavy (non-hydrogen) atoms. The van der Waals surface area contributed by atoms with Gasteiger partial charge in [0.25, 0.3) is 5.91 Å². The van der Waals surface area contributed by atoms with E-state index in [2.05, 4.69) is 14.9 Å². The molecule has 9 nitrogen and oxygen atoms in total. The zero-order chi connectivity index (χ0) is 29.0. The number of nitrogens with zero attached hydrogens (tertiary/aromatic N) is 3. The normalized spacial score (nSPS) is 15.6. The number of Topliss-reactive ketones (excluding diaryl/α,β-unsaturated/α-hetero) is 1. The van der Waals surface area contributed by atoms with Crippen LogP contribution < -0.4 is 14.4 Å². The minimum atomic E-state index is -4.90. The Hall–Kier alpha value is -4.45. The van der Waals surface area contributed by atoms with E-state index in [0.717, 1.165) is 22.6 Å². The van der Waals surface area contributed by atoms with Crippen molar-refractivity contribution in [1.29, 1.82) is 0 Å². The molecule has 1 aromatic heterocycles. The summed E-state index contributed by atoms with van der Waals surface area (Å²) < 4.78 is 52.4. The van der Waals surface area contributed by atoms with Crippen LogP contribution in [0.1, 0.15) is 47.3 Å². The molecular formula is C28H26F3N3O6. The summed E-state index contributed by atoms with van der Waals surface area (Å²) in [6.45, 7) is 4.51. The molecule has 1 aliphatic heterocycles. The number of aromatic nitrogens is 2. The number of hydrogen-bond acceptors (Lipinski definition) is 8. The maximum Gasteiger partial charge on any atom is 0.573 e. The summed E-state index contributed by atoms with van der Waals surface area (Å²) in [6.07, 6.45) is -4.90. The highest BCUT2D eigenvalue weighted by atomic mass is 19.4. The lowest BCUT2D eigenvalue weighted by molar-refractivity contribution is -0.274. The molecule has 0 fully saturated rings. The standard InChI is InChI=1S/C28H26F3N3O6/c1-16(2)17-4-6-19(7-5-17)25(35)23-24(18-8-10-20(11-9-18)40-28(29,30)31)34(27(37)26(23)36)21-12-13-22(33-32-21)39-15-14-38-3/h4-13,16,24,36H,14-15H2,1-3H3. The van der Waals surface area contributed by atoms with E-state index in [4.69, 9.17) is 9.47 Å². The number of carbonyl (C=O) groups excluding carboxylic acids is 2. The first-order chi connectivity index (χ1) is 19.0. The summed E-state index contributed by atoms with van der Waals surface area (Å²) in [4.78, 5) is 28.0. The number of aliphatic hydroxyl groups excluding tert-OH is 1. The van der Waals surface area contributed by atoms with Crippen LogP contribution in [0, 0.1) is 0 Å². The van der Waals surface area contributed by atoms with Crippen LogP contribution in [0.2, 0.25) is 0 Å². The molecule has 12 heteroatoms. The number of amides is 1. The van der Waals surface area contributed by atoms with Gasteiger partial charge in [0, 0.05) is 18.7 Å². The van der Waals surface area contributed by atoms with Gasteiger partial charge in [-0.3, -0.25) is 14.5 Å². The third-order valence-corrected chi connectivity index (χ3v) is 6.13. The fraction of sp³-hybridized carbons (Fsp3) is 0.286. The lowest BCUT2D eigenvalue weighted by Gasteiger charge is -2.26. The van der Waals surface area contributed by atoms with Gasteiger partial charge in [0.1, 0.15) is 12.4 Å². The number of aliphatic hydroxyl groups is 1. The second-order valence-corrected chi connectivity index (χ2v) is 9.13. The Labute approximate surface area is 227 Å². The molecule has 0 saturated carbocycles. The third-order valence-electron chi connectivity index (χ3n) is 6.13. The van der Waals surface area contributed by atoms with Crippen LogP contribution in [-0.4, -0.2) is 53.7 Å². The van der Waals surface area contributed by atoms with Gasteiger partial charge in [-0.05, 0) is 35.2 Å². The monoisotopic (exact) mass is 557 g/mol. The molecule has 1 unspecified atom stereocenters. The smallest absolute Gasteiger partial charge is 0.503 e. The molecule has 0 spiro atoms. The molecule has 4 rings (SSSR count). The van der Waals surface area contributed by atoms with Crippen molar-refractivity contribution < 1.29 is 42.1 Å². The predicted octanol–water partition coefficient (Wildman–Crippen LogP) is 5.31. The van der Waals surface area contributed by atoms with E-state index >= 15 is 0 Å². The molecule has 1 amide bonds. The largest absolute Gasteiger partial charge is 0.573 e. The van der Waals surface area contributed by atoms with Crippen LogP contribution in [0.15, 0.2) is 72.0 Å². The van der Waals surface area contributed by atoms with Crippen LogP contribution in [0.5, 0.6) is 11.6 Å². The van der Waals surface area contributed by atoms with Crippen molar-refractivity contribution in [2.24, 2.45) is 0 Å². The Balaban J connectivity index is 1.74. The van der Waals surface area contributed by atoms with Gasteiger partial charge in [0.2, 0.25) is 5.88 Å². The van der Waals surface area contributed by atoms with Gasteiger partial charge in [-0.15, -0.1) is 23.4 Å². The zero-order valence-corrected chi connectivity index (χ0v) is 21.8. The number of halogens is 3. The molecule has 1 aliphatic rings. The van der Waals surface area contributed by atoms with Gasteiger partial charge < -0.3 is 19.3 Å². The Morgan fingerprint density at radius 2 is 1.68 bits per heavy atom. The Morgan fingerprint density at radius 1 is 1.00 bits per heavy atom. The summed E-state index contributed by atoms with van der Waals surface area (Å²) in [5, 5.41) is 18.9. The zero-order valence-electron chi connectivity index (χ0n) is 21.8. The quantitative estimate of drug-likeness (QED) is 0.264. The highest BCUT2D eigenvalue weighted by Gasteiger charge is 2.45. The van der Waals surface area contributed by atoms with E-state index in [1.165, 1.54) is 31.4 Å². The predicted molar refractivity (Wildman–Crippen MR) is 137 cm³/mol. The van der Waals surface area contributed by atoms with Gasteiger partial charge in [-0.2, -0.15) is 0 Å². The molecular weight excluding hydrogens is 531 g/mol. The van der Waals surface area contributed by atoms with E-state index < -0.39 is 35.6 Å². The molecule has 1 atom stereocenters. The first-order valence-electron chi connectivity index (χ1n) is 12.2. The first kappa shape index (κ1) is 28.6. The summed E-state index contributed by atoms with van der Waals surface area (Å²) >= 11 is 0.